The molecule has 0 aromatic heterocycles. The van der Waals surface area contributed by atoms with Gasteiger partial charge >= 0.3 is 5.97 Å². The molecule has 2 heterocycles. The third-order valence-corrected chi connectivity index (χ3v) is 4.93. The lowest BCUT2D eigenvalue weighted by molar-refractivity contribution is -0.139. The molecule has 21 heavy (non-hydrogen) atoms. The van der Waals surface area contributed by atoms with Crippen molar-refractivity contribution in [1.82, 2.24) is 10.2 Å². The van der Waals surface area contributed by atoms with E-state index in [4.69, 9.17) is 4.74 Å². The molecule has 2 rings (SSSR count). The number of nitrogens with one attached hydrogen (secondary N) is 1. The van der Waals surface area contributed by atoms with Crippen LogP contribution in [-0.4, -0.2) is 42.7 Å². The maximum atomic E-state index is 12.3. The lowest BCUT2D eigenvalue weighted by atomic mass is 9.90. The Kier molecular flexibility index (Phi) is 4.98. The number of likely N-dealkylation sites (N-methyl/N-ethyl adjacent to an activating group) is 1. The summed E-state index contributed by atoms with van der Waals surface area (Å²) >= 11 is 1.61. The standard InChI is InChI=1S/C15H22N2O3S/c1-5-20-15(19)13-11(9(2)3)7-17-10(6-12(18)16-4)8-21-14(13)17/h6,9,11H,5,7-8H2,1-4H3,(H,16,18)/b10-6+. The molecule has 0 saturated carbocycles. The van der Waals surface area contributed by atoms with Crippen LogP contribution in [0.25, 0.3) is 0 Å². The molecule has 6 heteroatoms. The third kappa shape index (κ3) is 3.10. The molecule has 1 fully saturated rings. The van der Waals surface area contributed by atoms with Gasteiger partial charge < -0.3 is 15.0 Å². The molecule has 5 nitrogen and oxygen atoms in total. The van der Waals surface area contributed by atoms with E-state index in [0.29, 0.717) is 12.5 Å². The average molecular weight is 310 g/mol. The summed E-state index contributed by atoms with van der Waals surface area (Å²) in [6, 6.07) is 0. The zero-order chi connectivity index (χ0) is 15.6. The van der Waals surface area contributed by atoms with Gasteiger partial charge in [0, 0.05) is 37.0 Å². The average Bonchev–Trinajstić information content (AvgIpc) is 2.98. The number of carbonyl (C=O) groups excluding carboxylic acids is 2. The van der Waals surface area contributed by atoms with Crippen LogP contribution in [0.5, 0.6) is 0 Å². The fourth-order valence-electron chi connectivity index (χ4n) is 2.63. The normalized spacial score (nSPS) is 23.0. The zero-order valence-electron chi connectivity index (χ0n) is 12.9. The molecule has 1 saturated heterocycles. The number of amides is 1. The summed E-state index contributed by atoms with van der Waals surface area (Å²) in [5.41, 5.74) is 1.73. The second-order valence-electron chi connectivity index (χ2n) is 5.44. The molecule has 2 aliphatic heterocycles. The fourth-order valence-corrected chi connectivity index (χ4v) is 3.89. The molecule has 0 aromatic carbocycles. The maximum Gasteiger partial charge on any atom is 0.337 e. The van der Waals surface area contributed by atoms with Crippen LogP contribution in [0.1, 0.15) is 20.8 Å². The van der Waals surface area contributed by atoms with Gasteiger partial charge in [0.15, 0.2) is 0 Å². The highest BCUT2D eigenvalue weighted by Crippen LogP contribution is 2.46. The Balaban J connectivity index is 2.33. The number of carbonyl (C=O) groups is 2. The first-order valence-electron chi connectivity index (χ1n) is 7.23. The number of ether oxygens (including phenoxy) is 1. The maximum absolute atomic E-state index is 12.3. The summed E-state index contributed by atoms with van der Waals surface area (Å²) < 4.78 is 5.22. The molecule has 1 amide bonds. The molecule has 0 spiro atoms. The number of esters is 1. The predicted molar refractivity (Wildman–Crippen MR) is 83.3 cm³/mol. The molecule has 1 N–H and O–H groups in total. The van der Waals surface area contributed by atoms with Crippen molar-refractivity contribution >= 4 is 23.6 Å². The Labute approximate surface area is 129 Å². The van der Waals surface area contributed by atoms with Gasteiger partial charge in [-0.3, -0.25) is 4.79 Å². The summed E-state index contributed by atoms with van der Waals surface area (Å²) in [5, 5.41) is 3.56. The molecule has 2 aliphatic rings. The molecular weight excluding hydrogens is 288 g/mol. The summed E-state index contributed by atoms with van der Waals surface area (Å²) in [6.45, 7) is 7.17. The molecule has 0 radical (unpaired) electrons. The van der Waals surface area contributed by atoms with Crippen molar-refractivity contribution < 1.29 is 14.3 Å². The fraction of sp³-hybridized carbons (Fsp3) is 0.600. The van der Waals surface area contributed by atoms with Crippen LogP contribution in [0, 0.1) is 11.8 Å². The van der Waals surface area contributed by atoms with Crippen LogP contribution in [0.3, 0.4) is 0 Å². The highest BCUT2D eigenvalue weighted by atomic mass is 32.2. The Bertz CT molecular complexity index is 511. The minimum Gasteiger partial charge on any atom is -0.463 e. The van der Waals surface area contributed by atoms with Crippen molar-refractivity contribution in [3.05, 3.63) is 22.4 Å². The van der Waals surface area contributed by atoms with E-state index < -0.39 is 0 Å². The molecule has 0 aliphatic carbocycles. The predicted octanol–water partition coefficient (Wildman–Crippen LogP) is 1.73. The van der Waals surface area contributed by atoms with E-state index in [0.717, 1.165) is 28.6 Å². The van der Waals surface area contributed by atoms with Crippen LogP contribution < -0.4 is 5.32 Å². The Morgan fingerprint density at radius 3 is 2.81 bits per heavy atom. The van der Waals surface area contributed by atoms with Crippen molar-refractivity contribution in [1.29, 1.82) is 0 Å². The highest BCUT2D eigenvalue weighted by molar-refractivity contribution is 8.03. The molecular formula is C15H22N2O3S. The van der Waals surface area contributed by atoms with Crippen LogP contribution in [-0.2, 0) is 14.3 Å². The Morgan fingerprint density at radius 1 is 1.52 bits per heavy atom. The van der Waals surface area contributed by atoms with Crippen LogP contribution >= 0.6 is 11.8 Å². The van der Waals surface area contributed by atoms with Gasteiger partial charge in [-0.15, -0.1) is 11.8 Å². The monoisotopic (exact) mass is 310 g/mol. The van der Waals surface area contributed by atoms with Crippen molar-refractivity contribution in [2.45, 2.75) is 20.8 Å². The van der Waals surface area contributed by atoms with E-state index in [1.807, 2.05) is 6.92 Å². The second kappa shape index (κ2) is 6.56. The number of rotatable bonds is 4. The third-order valence-electron chi connectivity index (χ3n) is 3.77. The summed E-state index contributed by atoms with van der Waals surface area (Å²) in [6.07, 6.45) is 1.62. The summed E-state index contributed by atoms with van der Waals surface area (Å²) in [5.74, 6) is 0.889. The van der Waals surface area contributed by atoms with Gasteiger partial charge in [0.25, 0.3) is 0 Å². The molecule has 0 aromatic rings. The van der Waals surface area contributed by atoms with E-state index in [1.54, 1.807) is 24.9 Å². The van der Waals surface area contributed by atoms with E-state index >= 15 is 0 Å². The van der Waals surface area contributed by atoms with Gasteiger partial charge in [0.2, 0.25) is 5.91 Å². The minimum absolute atomic E-state index is 0.113. The van der Waals surface area contributed by atoms with Gasteiger partial charge in [-0.1, -0.05) is 13.8 Å². The minimum atomic E-state index is -0.220. The number of hydrogen-bond acceptors (Lipinski definition) is 5. The number of fused-ring (bicyclic) bond motifs is 1. The van der Waals surface area contributed by atoms with Crippen molar-refractivity contribution in [2.75, 3.05) is 26.0 Å². The van der Waals surface area contributed by atoms with Crippen LogP contribution in [0.2, 0.25) is 0 Å². The Hall–Kier alpha value is -1.43. The zero-order valence-corrected chi connectivity index (χ0v) is 13.8. The number of thioether (sulfide) groups is 1. The Morgan fingerprint density at radius 2 is 2.24 bits per heavy atom. The van der Waals surface area contributed by atoms with Gasteiger partial charge in [0.1, 0.15) is 0 Å². The summed E-state index contributed by atoms with van der Waals surface area (Å²) in [7, 11) is 1.61. The van der Waals surface area contributed by atoms with E-state index in [1.165, 1.54) is 0 Å². The topological polar surface area (TPSA) is 58.6 Å². The SMILES string of the molecule is CCOC(=O)C1=C2SC/C(=C\C(=O)NC)N2CC1C(C)C. The van der Waals surface area contributed by atoms with Gasteiger partial charge in [-0.05, 0) is 12.8 Å². The molecule has 116 valence electrons. The number of nitrogens with zero attached hydrogens (tertiary/aromatic N) is 1. The van der Waals surface area contributed by atoms with Gasteiger partial charge in [-0.2, -0.15) is 0 Å². The van der Waals surface area contributed by atoms with Crippen LogP contribution in [0.15, 0.2) is 22.4 Å². The van der Waals surface area contributed by atoms with E-state index in [2.05, 4.69) is 24.1 Å². The first-order valence-corrected chi connectivity index (χ1v) is 8.22. The number of hydrogen-bond donors (Lipinski definition) is 1. The van der Waals surface area contributed by atoms with Gasteiger partial charge in [0.05, 0.1) is 17.2 Å². The lowest BCUT2D eigenvalue weighted by Crippen LogP contribution is -2.24. The van der Waals surface area contributed by atoms with E-state index in [-0.39, 0.29) is 17.8 Å². The smallest absolute Gasteiger partial charge is 0.337 e. The first kappa shape index (κ1) is 15.9. The molecule has 1 unspecified atom stereocenters. The van der Waals surface area contributed by atoms with Gasteiger partial charge in [-0.25, -0.2) is 4.79 Å². The van der Waals surface area contributed by atoms with E-state index in [9.17, 15) is 9.59 Å². The molecule has 1 atom stereocenters. The van der Waals surface area contributed by atoms with Crippen molar-refractivity contribution in [3.8, 4) is 0 Å². The first-order chi connectivity index (χ1) is 9.99. The quantitative estimate of drug-likeness (QED) is 0.633. The summed E-state index contributed by atoms with van der Waals surface area (Å²) in [4.78, 5) is 25.9. The molecule has 0 bridgehead atoms. The lowest BCUT2D eigenvalue weighted by Gasteiger charge is -2.20. The second-order valence-corrected chi connectivity index (χ2v) is 6.40. The highest BCUT2D eigenvalue weighted by Gasteiger charge is 2.42. The van der Waals surface area contributed by atoms with Crippen molar-refractivity contribution in [3.63, 3.8) is 0 Å². The van der Waals surface area contributed by atoms with Crippen molar-refractivity contribution in [2.24, 2.45) is 11.8 Å². The van der Waals surface area contributed by atoms with Crippen LogP contribution in [0.4, 0.5) is 0 Å². The largest absolute Gasteiger partial charge is 0.463 e.